The van der Waals surface area contributed by atoms with Gasteiger partial charge in [0.1, 0.15) is 0 Å². The van der Waals surface area contributed by atoms with Crippen LogP contribution in [0.3, 0.4) is 0 Å². The normalized spacial score (nSPS) is 10.0. The molecule has 0 amide bonds. The molecule has 0 unspecified atom stereocenters. The molecule has 1 aromatic carbocycles. The zero-order valence-electron chi connectivity index (χ0n) is 9.82. The van der Waals surface area contributed by atoms with Gasteiger partial charge >= 0.3 is 5.97 Å². The number of benzene rings is 1. The highest BCUT2D eigenvalue weighted by Gasteiger charge is 2.10. The molecule has 3 nitrogen and oxygen atoms in total. The van der Waals surface area contributed by atoms with Crippen LogP contribution in [-0.2, 0) is 4.79 Å². The number of rotatable bonds is 6. The van der Waals surface area contributed by atoms with Crippen molar-refractivity contribution in [2.75, 3.05) is 18.0 Å². The molecule has 0 aliphatic carbocycles. The van der Waals surface area contributed by atoms with Gasteiger partial charge in [0.15, 0.2) is 0 Å². The van der Waals surface area contributed by atoms with Gasteiger partial charge in [-0.1, -0.05) is 12.1 Å². The number of halogens is 1. The molecule has 0 heterocycles. The van der Waals surface area contributed by atoms with Crippen molar-refractivity contribution in [1.29, 1.82) is 0 Å². The van der Waals surface area contributed by atoms with Gasteiger partial charge in [-0.15, -0.1) is 6.58 Å². The lowest BCUT2D eigenvalue weighted by Crippen LogP contribution is -2.26. The molecule has 1 N–H and O–H groups in total. The van der Waals surface area contributed by atoms with Crippen molar-refractivity contribution < 1.29 is 9.90 Å². The second-order valence-corrected chi connectivity index (χ2v) is 4.69. The molecule has 4 heteroatoms. The van der Waals surface area contributed by atoms with Crippen LogP contribution < -0.4 is 4.90 Å². The summed E-state index contributed by atoms with van der Waals surface area (Å²) in [5, 5.41) is 8.73. The molecule has 0 spiro atoms. The summed E-state index contributed by atoms with van der Waals surface area (Å²) in [6.07, 6.45) is 1.89. The summed E-state index contributed by atoms with van der Waals surface area (Å²) in [4.78, 5) is 12.6. The van der Waals surface area contributed by atoms with Crippen LogP contribution in [-0.4, -0.2) is 24.2 Å². The van der Waals surface area contributed by atoms with E-state index < -0.39 is 5.97 Å². The molecule has 0 bridgehead atoms. The highest BCUT2D eigenvalue weighted by molar-refractivity contribution is 9.10. The van der Waals surface area contributed by atoms with Crippen LogP contribution in [0.15, 0.2) is 35.3 Å². The molecular weight excluding hydrogens is 282 g/mol. The van der Waals surface area contributed by atoms with E-state index in [1.807, 2.05) is 30.0 Å². The van der Waals surface area contributed by atoms with E-state index in [1.54, 1.807) is 6.08 Å². The number of carboxylic acids is 1. The van der Waals surface area contributed by atoms with E-state index in [0.29, 0.717) is 13.1 Å². The lowest BCUT2D eigenvalue weighted by molar-refractivity contribution is -0.136. The summed E-state index contributed by atoms with van der Waals surface area (Å²) in [6, 6.07) is 6.02. The molecule has 1 aromatic rings. The van der Waals surface area contributed by atoms with Crippen LogP contribution in [0.4, 0.5) is 5.69 Å². The molecule has 0 saturated heterocycles. The fourth-order valence-electron chi connectivity index (χ4n) is 1.56. The summed E-state index contributed by atoms with van der Waals surface area (Å²) in [6.45, 7) is 6.82. The number of nitrogens with zero attached hydrogens (tertiary/aromatic N) is 1. The molecular formula is C13H16BrNO2. The molecule has 0 aromatic heterocycles. The summed E-state index contributed by atoms with van der Waals surface area (Å²) < 4.78 is 0.977. The summed E-state index contributed by atoms with van der Waals surface area (Å²) in [5.74, 6) is -0.790. The second-order valence-electron chi connectivity index (χ2n) is 3.83. The zero-order chi connectivity index (χ0) is 12.8. The molecule has 92 valence electrons. The predicted octanol–water partition coefficient (Wildman–Crippen LogP) is 3.22. The van der Waals surface area contributed by atoms with E-state index in [9.17, 15) is 4.79 Å². The summed E-state index contributed by atoms with van der Waals surface area (Å²) >= 11 is 3.50. The number of carboxylic acid groups (broad SMARTS) is 1. The Kier molecular flexibility index (Phi) is 5.22. The van der Waals surface area contributed by atoms with Crippen molar-refractivity contribution in [3.8, 4) is 0 Å². The van der Waals surface area contributed by atoms with E-state index in [1.165, 1.54) is 0 Å². The number of aryl methyl sites for hydroxylation is 1. The molecule has 17 heavy (non-hydrogen) atoms. The maximum Gasteiger partial charge on any atom is 0.305 e. The van der Waals surface area contributed by atoms with Crippen LogP contribution in [0, 0.1) is 6.92 Å². The average Bonchev–Trinajstić information content (AvgIpc) is 2.24. The Balaban J connectivity index is 2.88. The van der Waals surface area contributed by atoms with E-state index in [4.69, 9.17) is 5.11 Å². The van der Waals surface area contributed by atoms with Crippen molar-refractivity contribution >= 4 is 27.6 Å². The lowest BCUT2D eigenvalue weighted by atomic mass is 10.2. The fraction of sp³-hybridized carbons (Fsp3) is 0.308. The third kappa shape index (κ3) is 4.23. The lowest BCUT2D eigenvalue weighted by Gasteiger charge is -2.24. The second kappa shape index (κ2) is 6.45. The SMILES string of the molecule is C=CCN(CCC(=O)O)c1ccc(C)cc1Br. The van der Waals surface area contributed by atoms with E-state index >= 15 is 0 Å². The number of anilines is 1. The Labute approximate surface area is 110 Å². The molecule has 0 fully saturated rings. The minimum absolute atomic E-state index is 0.119. The molecule has 0 atom stereocenters. The van der Waals surface area contributed by atoms with Gasteiger partial charge in [-0.05, 0) is 40.5 Å². The van der Waals surface area contributed by atoms with E-state index in [2.05, 4.69) is 22.5 Å². The maximum atomic E-state index is 10.6. The Morgan fingerprint density at radius 1 is 1.59 bits per heavy atom. The van der Waals surface area contributed by atoms with Crippen molar-refractivity contribution in [3.63, 3.8) is 0 Å². The van der Waals surface area contributed by atoms with Crippen LogP contribution >= 0.6 is 15.9 Å². The van der Waals surface area contributed by atoms with Gasteiger partial charge in [0.05, 0.1) is 12.1 Å². The largest absolute Gasteiger partial charge is 0.481 e. The first-order valence-corrected chi connectivity index (χ1v) is 6.17. The third-order valence-electron chi connectivity index (χ3n) is 2.39. The first kappa shape index (κ1) is 13.8. The quantitative estimate of drug-likeness (QED) is 0.820. The first-order chi connectivity index (χ1) is 8.04. The summed E-state index contributed by atoms with van der Waals surface area (Å²) in [5.41, 5.74) is 2.16. The topological polar surface area (TPSA) is 40.5 Å². The molecule has 1 rings (SSSR count). The first-order valence-electron chi connectivity index (χ1n) is 5.38. The van der Waals surface area contributed by atoms with Gasteiger partial charge in [-0.25, -0.2) is 0 Å². The van der Waals surface area contributed by atoms with E-state index in [-0.39, 0.29) is 6.42 Å². The number of hydrogen-bond donors (Lipinski definition) is 1. The van der Waals surface area contributed by atoms with Crippen LogP contribution in [0.2, 0.25) is 0 Å². The van der Waals surface area contributed by atoms with Crippen molar-refractivity contribution in [1.82, 2.24) is 0 Å². The van der Waals surface area contributed by atoms with E-state index in [0.717, 1.165) is 15.7 Å². The Morgan fingerprint density at radius 2 is 2.29 bits per heavy atom. The summed E-state index contributed by atoms with van der Waals surface area (Å²) in [7, 11) is 0. The van der Waals surface area contributed by atoms with Gasteiger partial charge in [-0.2, -0.15) is 0 Å². The fourth-order valence-corrected chi connectivity index (χ4v) is 2.31. The Hall–Kier alpha value is -1.29. The van der Waals surface area contributed by atoms with Crippen molar-refractivity contribution in [2.24, 2.45) is 0 Å². The van der Waals surface area contributed by atoms with Gasteiger partial charge in [0, 0.05) is 17.6 Å². The minimum Gasteiger partial charge on any atom is -0.481 e. The standard InChI is InChI=1S/C13H16BrNO2/c1-3-7-15(8-6-13(16)17)12-5-4-10(2)9-11(12)14/h3-5,9H,1,6-8H2,2H3,(H,16,17). The Morgan fingerprint density at radius 3 is 2.82 bits per heavy atom. The number of hydrogen-bond acceptors (Lipinski definition) is 2. The molecule has 0 radical (unpaired) electrons. The molecule has 0 saturated carbocycles. The molecule has 0 aliphatic heterocycles. The molecule has 0 aliphatic rings. The monoisotopic (exact) mass is 297 g/mol. The van der Waals surface area contributed by atoms with Crippen LogP contribution in [0.1, 0.15) is 12.0 Å². The highest BCUT2D eigenvalue weighted by Crippen LogP contribution is 2.27. The van der Waals surface area contributed by atoms with Crippen LogP contribution in [0.5, 0.6) is 0 Å². The minimum atomic E-state index is -0.790. The van der Waals surface area contributed by atoms with Gasteiger partial charge in [0.2, 0.25) is 0 Å². The van der Waals surface area contributed by atoms with Gasteiger partial charge in [0.25, 0.3) is 0 Å². The maximum absolute atomic E-state index is 10.6. The van der Waals surface area contributed by atoms with Gasteiger partial charge < -0.3 is 10.0 Å². The Bertz CT molecular complexity index is 418. The average molecular weight is 298 g/mol. The number of carbonyl (C=O) groups is 1. The number of aliphatic carboxylic acids is 1. The predicted molar refractivity (Wildman–Crippen MR) is 73.5 cm³/mol. The smallest absolute Gasteiger partial charge is 0.305 e. The van der Waals surface area contributed by atoms with Crippen molar-refractivity contribution in [2.45, 2.75) is 13.3 Å². The third-order valence-corrected chi connectivity index (χ3v) is 3.02. The highest BCUT2D eigenvalue weighted by atomic mass is 79.9. The zero-order valence-corrected chi connectivity index (χ0v) is 11.4. The van der Waals surface area contributed by atoms with Crippen LogP contribution in [0.25, 0.3) is 0 Å². The van der Waals surface area contributed by atoms with Crippen molar-refractivity contribution in [3.05, 3.63) is 40.9 Å². The van der Waals surface area contributed by atoms with Gasteiger partial charge in [-0.3, -0.25) is 4.79 Å².